The first kappa shape index (κ1) is 10.1. The maximum absolute atomic E-state index is 10.3. The third-order valence-corrected chi connectivity index (χ3v) is 5.10. The summed E-state index contributed by atoms with van der Waals surface area (Å²) in [6.45, 7) is 8.53. The van der Waals surface area contributed by atoms with E-state index < -0.39 is 5.91 Å². The molecule has 15 heavy (non-hydrogen) atoms. The van der Waals surface area contributed by atoms with Crippen molar-refractivity contribution in [2.24, 2.45) is 16.2 Å². The van der Waals surface area contributed by atoms with Gasteiger partial charge in [-0.05, 0) is 26.2 Å². The number of piperidine rings is 3. The molecule has 0 amide bonds. The van der Waals surface area contributed by atoms with E-state index >= 15 is 0 Å². The van der Waals surface area contributed by atoms with Crippen LogP contribution < -0.4 is 4.90 Å². The molecule has 3 N–H and O–H groups in total. The molecule has 4 bridgehead atoms. The van der Waals surface area contributed by atoms with Gasteiger partial charge in [-0.15, -0.1) is 0 Å². The van der Waals surface area contributed by atoms with Gasteiger partial charge in [-0.25, -0.2) is 0 Å². The highest BCUT2D eigenvalue weighted by molar-refractivity contribution is 5.06. The van der Waals surface area contributed by atoms with Gasteiger partial charge in [0.2, 0.25) is 0 Å². The monoisotopic (exact) mass is 212 g/mol. The molecule has 4 rings (SSSR count). The molecule has 3 saturated heterocycles. The number of hydrogen-bond acceptors (Lipinski definition) is 2. The van der Waals surface area contributed by atoms with E-state index in [2.05, 4.69) is 20.8 Å². The predicted molar refractivity (Wildman–Crippen MR) is 56.0 cm³/mol. The van der Waals surface area contributed by atoms with Gasteiger partial charge in [0.1, 0.15) is 0 Å². The van der Waals surface area contributed by atoms with Crippen LogP contribution in [0.3, 0.4) is 0 Å². The number of hydrogen-bond donors (Lipinski definition) is 3. The van der Waals surface area contributed by atoms with Gasteiger partial charge in [0.25, 0.3) is 0 Å². The van der Waals surface area contributed by atoms with Crippen LogP contribution in [0.2, 0.25) is 0 Å². The number of nitrogens with one attached hydrogen (secondary N) is 1. The standard InChI is InChI=1S/C12H21NO2/c1-9-4-10(2)6-11(3,5-9)12(14,15)13(7-9)8-10/h14-15H,4-8H2,1-3H3/p+1. The molecule has 2 unspecified atom stereocenters. The number of aliphatic hydroxyl groups is 2. The molecule has 4 aliphatic rings. The van der Waals surface area contributed by atoms with Crippen LogP contribution in [-0.2, 0) is 0 Å². The second-order valence-electron chi connectivity index (χ2n) is 7.34. The molecule has 3 heteroatoms. The fourth-order valence-electron chi connectivity index (χ4n) is 5.36. The van der Waals surface area contributed by atoms with Gasteiger partial charge in [-0.3, -0.25) is 4.90 Å². The fraction of sp³-hybridized carbons (Fsp3) is 1.00. The third-order valence-electron chi connectivity index (χ3n) is 5.10. The van der Waals surface area contributed by atoms with Crippen molar-refractivity contribution in [3.63, 3.8) is 0 Å². The van der Waals surface area contributed by atoms with Gasteiger partial charge in [0.05, 0.1) is 18.5 Å². The molecule has 3 heterocycles. The first-order chi connectivity index (χ1) is 6.68. The lowest BCUT2D eigenvalue weighted by Crippen LogP contribution is -3.28. The fourth-order valence-corrected chi connectivity index (χ4v) is 5.36. The van der Waals surface area contributed by atoms with E-state index in [1.807, 2.05) is 0 Å². The van der Waals surface area contributed by atoms with Crippen LogP contribution in [0.5, 0.6) is 0 Å². The van der Waals surface area contributed by atoms with Gasteiger partial charge < -0.3 is 10.2 Å². The molecule has 0 spiro atoms. The Kier molecular flexibility index (Phi) is 1.52. The number of rotatable bonds is 0. The molecule has 1 aliphatic carbocycles. The Hall–Kier alpha value is -0.120. The first-order valence-electron chi connectivity index (χ1n) is 5.98. The molecule has 0 aromatic heterocycles. The smallest absolute Gasteiger partial charge is 0.318 e. The molecular formula is C12H22NO2+. The van der Waals surface area contributed by atoms with Crippen molar-refractivity contribution < 1.29 is 15.1 Å². The van der Waals surface area contributed by atoms with Crippen LogP contribution in [0, 0.1) is 16.2 Å². The van der Waals surface area contributed by atoms with Crippen molar-refractivity contribution in [3.05, 3.63) is 0 Å². The summed E-state index contributed by atoms with van der Waals surface area (Å²) in [7, 11) is 0. The van der Waals surface area contributed by atoms with Gasteiger partial charge in [0.15, 0.2) is 0 Å². The van der Waals surface area contributed by atoms with Crippen LogP contribution in [0.15, 0.2) is 0 Å². The van der Waals surface area contributed by atoms with E-state index in [0.29, 0.717) is 10.8 Å². The van der Waals surface area contributed by atoms with E-state index in [1.54, 1.807) is 0 Å². The zero-order chi connectivity index (χ0) is 11.1. The largest absolute Gasteiger partial charge is 0.319 e. The van der Waals surface area contributed by atoms with E-state index in [0.717, 1.165) is 30.8 Å². The second-order valence-corrected chi connectivity index (χ2v) is 7.34. The highest BCUT2D eigenvalue weighted by Gasteiger charge is 2.72. The van der Waals surface area contributed by atoms with Crippen LogP contribution in [0.25, 0.3) is 0 Å². The molecule has 0 aromatic rings. The summed E-state index contributed by atoms with van der Waals surface area (Å²) in [5, 5.41) is 20.6. The zero-order valence-corrected chi connectivity index (χ0v) is 9.93. The molecule has 3 aliphatic heterocycles. The first-order valence-corrected chi connectivity index (χ1v) is 5.98. The average molecular weight is 212 g/mol. The zero-order valence-electron chi connectivity index (χ0n) is 9.93. The molecule has 3 nitrogen and oxygen atoms in total. The van der Waals surface area contributed by atoms with Gasteiger partial charge in [-0.2, -0.15) is 0 Å². The maximum atomic E-state index is 10.3. The van der Waals surface area contributed by atoms with Gasteiger partial charge in [0, 0.05) is 10.8 Å². The van der Waals surface area contributed by atoms with Crippen molar-refractivity contribution in [2.45, 2.75) is 45.9 Å². The normalized spacial score (nSPS) is 61.0. The van der Waals surface area contributed by atoms with Gasteiger partial charge >= 0.3 is 5.91 Å². The lowest BCUT2D eigenvalue weighted by molar-refractivity contribution is -1.05. The molecule has 4 fully saturated rings. The minimum absolute atomic E-state index is 0.305. The Morgan fingerprint density at radius 3 is 1.73 bits per heavy atom. The summed E-state index contributed by atoms with van der Waals surface area (Å²) in [4.78, 5) is 0.999. The summed E-state index contributed by atoms with van der Waals surface area (Å²) in [5.41, 5.74) is 0.342. The van der Waals surface area contributed by atoms with Crippen molar-refractivity contribution in [2.75, 3.05) is 13.1 Å². The molecule has 2 atom stereocenters. The number of quaternary nitrogens is 1. The van der Waals surface area contributed by atoms with Crippen LogP contribution in [-0.4, -0.2) is 29.2 Å². The predicted octanol–water partition coefficient (Wildman–Crippen LogP) is -0.260. The van der Waals surface area contributed by atoms with Crippen LogP contribution in [0.4, 0.5) is 0 Å². The minimum Gasteiger partial charge on any atom is -0.319 e. The summed E-state index contributed by atoms with van der Waals surface area (Å²) in [6, 6.07) is 0. The highest BCUT2D eigenvalue weighted by atomic mass is 16.5. The lowest BCUT2D eigenvalue weighted by atomic mass is 9.48. The maximum Gasteiger partial charge on any atom is 0.318 e. The topological polar surface area (TPSA) is 44.9 Å². The molecule has 1 saturated carbocycles. The SMILES string of the molecule is CC12C[NH+]3CC(C)(C1)CC(C)(C2)C3(O)O. The van der Waals surface area contributed by atoms with Crippen molar-refractivity contribution in [3.8, 4) is 0 Å². The second kappa shape index (κ2) is 2.27. The molecule has 0 radical (unpaired) electrons. The molecule has 86 valence electrons. The Labute approximate surface area is 91.1 Å². The van der Waals surface area contributed by atoms with E-state index in [9.17, 15) is 10.2 Å². The van der Waals surface area contributed by atoms with Crippen molar-refractivity contribution in [1.29, 1.82) is 0 Å². The summed E-state index contributed by atoms with van der Waals surface area (Å²) in [5.74, 6) is -1.49. The minimum atomic E-state index is -1.49. The Bertz CT molecular complexity index is 308. The summed E-state index contributed by atoms with van der Waals surface area (Å²) < 4.78 is 0. The van der Waals surface area contributed by atoms with Crippen molar-refractivity contribution in [1.82, 2.24) is 0 Å². The van der Waals surface area contributed by atoms with E-state index in [1.165, 1.54) is 6.42 Å². The third kappa shape index (κ3) is 1.07. The quantitative estimate of drug-likeness (QED) is 0.484. The van der Waals surface area contributed by atoms with Gasteiger partial charge in [-0.1, -0.05) is 13.8 Å². The summed E-state index contributed by atoms with van der Waals surface area (Å²) >= 11 is 0. The van der Waals surface area contributed by atoms with E-state index in [4.69, 9.17) is 0 Å². The Balaban J connectivity index is 2.10. The Morgan fingerprint density at radius 2 is 1.33 bits per heavy atom. The highest BCUT2D eigenvalue weighted by Crippen LogP contribution is 2.60. The van der Waals surface area contributed by atoms with Crippen LogP contribution >= 0.6 is 0 Å². The lowest BCUT2D eigenvalue weighted by Gasteiger charge is -2.66. The summed E-state index contributed by atoms with van der Waals surface area (Å²) in [6.07, 6.45) is 3.19. The Morgan fingerprint density at radius 1 is 0.867 bits per heavy atom. The molecule has 0 aromatic carbocycles. The van der Waals surface area contributed by atoms with E-state index in [-0.39, 0.29) is 5.41 Å². The van der Waals surface area contributed by atoms with Crippen molar-refractivity contribution >= 4 is 0 Å². The molecular weight excluding hydrogens is 190 g/mol. The average Bonchev–Trinajstić information content (AvgIpc) is 1.94. The van der Waals surface area contributed by atoms with Crippen LogP contribution in [0.1, 0.15) is 40.0 Å².